The van der Waals surface area contributed by atoms with Crippen molar-refractivity contribution in [2.45, 2.75) is 13.3 Å². The molecule has 0 bridgehead atoms. The number of carbonyl (C=O) groups excluding carboxylic acids is 2. The molecule has 16 heavy (non-hydrogen) atoms. The molecule has 0 radical (unpaired) electrons. The van der Waals surface area contributed by atoms with Crippen molar-refractivity contribution >= 4 is 11.7 Å². The second-order valence-corrected chi connectivity index (χ2v) is 3.17. The van der Waals surface area contributed by atoms with E-state index in [0.29, 0.717) is 0 Å². The SMILES string of the molecule is CC(=O)c1cccc(C#CCC(N)=O)c1F. The zero-order chi connectivity index (χ0) is 12.1. The molecule has 1 aromatic carbocycles. The van der Waals surface area contributed by atoms with Crippen LogP contribution in [0.1, 0.15) is 29.3 Å². The van der Waals surface area contributed by atoms with E-state index in [1.54, 1.807) is 0 Å². The summed E-state index contributed by atoms with van der Waals surface area (Å²) >= 11 is 0. The van der Waals surface area contributed by atoms with Crippen LogP contribution in [0.4, 0.5) is 4.39 Å². The maximum Gasteiger partial charge on any atom is 0.229 e. The molecule has 0 aliphatic carbocycles. The lowest BCUT2D eigenvalue weighted by Crippen LogP contribution is -2.08. The summed E-state index contributed by atoms with van der Waals surface area (Å²) in [4.78, 5) is 21.5. The van der Waals surface area contributed by atoms with Crippen molar-refractivity contribution in [1.82, 2.24) is 0 Å². The Hall–Kier alpha value is -2.15. The number of carbonyl (C=O) groups is 2. The van der Waals surface area contributed by atoms with E-state index in [4.69, 9.17) is 5.73 Å². The molecule has 1 aromatic rings. The van der Waals surface area contributed by atoms with Gasteiger partial charge in [-0.05, 0) is 19.1 Å². The molecule has 0 heterocycles. The summed E-state index contributed by atoms with van der Waals surface area (Å²) in [6.45, 7) is 1.28. The average molecular weight is 219 g/mol. The van der Waals surface area contributed by atoms with Gasteiger partial charge in [-0.15, -0.1) is 0 Å². The van der Waals surface area contributed by atoms with Gasteiger partial charge in [0.1, 0.15) is 5.82 Å². The number of Topliss-reactive ketones (excluding diaryl/α,β-unsaturated/α-hetero) is 1. The number of rotatable bonds is 2. The molecule has 4 heteroatoms. The molecule has 0 atom stereocenters. The standard InChI is InChI=1S/C12H10FNO2/c1-8(15)10-6-2-4-9(12(10)13)5-3-7-11(14)16/h2,4,6H,7H2,1H3,(H2,14,16). The smallest absolute Gasteiger partial charge is 0.229 e. The van der Waals surface area contributed by atoms with Gasteiger partial charge in [0, 0.05) is 0 Å². The highest BCUT2D eigenvalue weighted by Crippen LogP contribution is 2.12. The number of halogens is 1. The van der Waals surface area contributed by atoms with Gasteiger partial charge in [0.2, 0.25) is 5.91 Å². The molecule has 0 saturated heterocycles. The van der Waals surface area contributed by atoms with E-state index in [1.165, 1.54) is 25.1 Å². The van der Waals surface area contributed by atoms with Gasteiger partial charge < -0.3 is 5.73 Å². The molecule has 0 aromatic heterocycles. The molecular formula is C12H10FNO2. The van der Waals surface area contributed by atoms with Crippen molar-refractivity contribution in [3.8, 4) is 11.8 Å². The summed E-state index contributed by atoms with van der Waals surface area (Å²) in [5.41, 5.74) is 4.97. The van der Waals surface area contributed by atoms with Crippen LogP contribution in [-0.4, -0.2) is 11.7 Å². The molecule has 0 spiro atoms. The van der Waals surface area contributed by atoms with Crippen molar-refractivity contribution in [2.75, 3.05) is 0 Å². The van der Waals surface area contributed by atoms with Gasteiger partial charge in [-0.3, -0.25) is 9.59 Å². The first-order chi connectivity index (χ1) is 7.52. The van der Waals surface area contributed by atoms with Gasteiger partial charge in [-0.2, -0.15) is 0 Å². The lowest BCUT2D eigenvalue weighted by molar-refractivity contribution is -0.117. The van der Waals surface area contributed by atoms with Crippen molar-refractivity contribution in [3.05, 3.63) is 35.1 Å². The predicted octanol–water partition coefficient (Wildman–Crippen LogP) is 1.26. The van der Waals surface area contributed by atoms with Crippen molar-refractivity contribution < 1.29 is 14.0 Å². The van der Waals surface area contributed by atoms with Crippen LogP contribution in [0.5, 0.6) is 0 Å². The highest BCUT2D eigenvalue weighted by Gasteiger charge is 2.09. The minimum Gasteiger partial charge on any atom is -0.369 e. The Kier molecular flexibility index (Phi) is 3.78. The van der Waals surface area contributed by atoms with E-state index < -0.39 is 11.7 Å². The second-order valence-electron chi connectivity index (χ2n) is 3.17. The number of benzene rings is 1. The highest BCUT2D eigenvalue weighted by atomic mass is 19.1. The Morgan fingerprint density at radius 3 is 2.69 bits per heavy atom. The van der Waals surface area contributed by atoms with Gasteiger partial charge >= 0.3 is 0 Å². The quantitative estimate of drug-likeness (QED) is 0.601. The van der Waals surface area contributed by atoms with Gasteiger partial charge in [0.25, 0.3) is 0 Å². The highest BCUT2D eigenvalue weighted by molar-refractivity contribution is 5.94. The fourth-order valence-corrected chi connectivity index (χ4v) is 1.13. The minimum absolute atomic E-state index is 0.00845. The Balaban J connectivity index is 3.05. The zero-order valence-electron chi connectivity index (χ0n) is 8.71. The van der Waals surface area contributed by atoms with Crippen molar-refractivity contribution in [3.63, 3.8) is 0 Å². The number of hydrogen-bond acceptors (Lipinski definition) is 2. The number of primary amides is 1. The first kappa shape index (κ1) is 11.9. The van der Waals surface area contributed by atoms with Crippen LogP contribution in [-0.2, 0) is 4.79 Å². The Bertz CT molecular complexity index is 497. The molecule has 0 fully saturated rings. The fraction of sp³-hybridized carbons (Fsp3) is 0.167. The van der Waals surface area contributed by atoms with E-state index >= 15 is 0 Å². The number of ketones is 1. The molecule has 2 N–H and O–H groups in total. The van der Waals surface area contributed by atoms with Crippen molar-refractivity contribution in [1.29, 1.82) is 0 Å². The topological polar surface area (TPSA) is 60.2 Å². The van der Waals surface area contributed by atoms with Crippen LogP contribution in [0.15, 0.2) is 18.2 Å². The van der Waals surface area contributed by atoms with Crippen molar-refractivity contribution in [2.24, 2.45) is 5.73 Å². The van der Waals surface area contributed by atoms with Crippen LogP contribution in [0.25, 0.3) is 0 Å². The van der Waals surface area contributed by atoms with Gasteiger partial charge in [-0.1, -0.05) is 17.9 Å². The first-order valence-electron chi connectivity index (χ1n) is 4.59. The molecule has 1 amide bonds. The minimum atomic E-state index is -0.660. The molecule has 0 aliphatic rings. The Morgan fingerprint density at radius 2 is 2.12 bits per heavy atom. The number of nitrogens with two attached hydrogens (primary N) is 1. The fourth-order valence-electron chi connectivity index (χ4n) is 1.13. The molecular weight excluding hydrogens is 209 g/mol. The molecule has 82 valence electrons. The Morgan fingerprint density at radius 1 is 1.44 bits per heavy atom. The summed E-state index contributed by atoms with van der Waals surface area (Å²) in [5.74, 6) is 3.30. The molecule has 3 nitrogen and oxygen atoms in total. The van der Waals surface area contributed by atoms with E-state index in [9.17, 15) is 14.0 Å². The summed E-state index contributed by atoms with van der Waals surface area (Å²) in [6.07, 6.45) is -0.135. The van der Waals surface area contributed by atoms with Gasteiger partial charge in [-0.25, -0.2) is 4.39 Å². The van der Waals surface area contributed by atoms with E-state index in [0.717, 1.165) is 0 Å². The van der Waals surface area contributed by atoms with E-state index in [1.807, 2.05) is 0 Å². The third-order valence-corrected chi connectivity index (χ3v) is 1.86. The van der Waals surface area contributed by atoms with Crippen LogP contribution in [0.2, 0.25) is 0 Å². The average Bonchev–Trinajstić information content (AvgIpc) is 2.19. The molecule has 0 aliphatic heterocycles. The van der Waals surface area contributed by atoms with E-state index in [2.05, 4.69) is 11.8 Å². The Labute approximate surface area is 92.4 Å². The van der Waals surface area contributed by atoms with Gasteiger partial charge in [0.15, 0.2) is 5.78 Å². The third kappa shape index (κ3) is 2.92. The van der Waals surface area contributed by atoms with Gasteiger partial charge in [0.05, 0.1) is 17.5 Å². The first-order valence-corrected chi connectivity index (χ1v) is 4.59. The van der Waals surface area contributed by atoms with Crippen LogP contribution >= 0.6 is 0 Å². The van der Waals surface area contributed by atoms with Crippen LogP contribution in [0, 0.1) is 17.7 Å². The second kappa shape index (κ2) is 5.08. The third-order valence-electron chi connectivity index (χ3n) is 1.86. The summed E-state index contributed by atoms with van der Waals surface area (Å²) < 4.78 is 13.6. The monoisotopic (exact) mass is 219 g/mol. The lowest BCUT2D eigenvalue weighted by atomic mass is 10.1. The largest absolute Gasteiger partial charge is 0.369 e. The summed E-state index contributed by atoms with van der Waals surface area (Å²) in [6, 6.07) is 4.36. The normalized spacial score (nSPS) is 9.12. The number of hydrogen-bond donors (Lipinski definition) is 1. The molecule has 0 saturated carbocycles. The maximum atomic E-state index is 13.6. The lowest BCUT2D eigenvalue weighted by Gasteiger charge is -1.99. The maximum absolute atomic E-state index is 13.6. The van der Waals surface area contributed by atoms with E-state index in [-0.39, 0.29) is 23.3 Å². The molecule has 0 unspecified atom stereocenters. The van der Waals surface area contributed by atoms with Crippen LogP contribution < -0.4 is 5.73 Å². The predicted molar refractivity (Wildman–Crippen MR) is 57.1 cm³/mol. The zero-order valence-corrected chi connectivity index (χ0v) is 8.71. The summed E-state index contributed by atoms with van der Waals surface area (Å²) in [5, 5.41) is 0. The van der Waals surface area contributed by atoms with Crippen LogP contribution in [0.3, 0.4) is 0 Å². The number of amides is 1. The molecule has 1 rings (SSSR count). The summed E-state index contributed by atoms with van der Waals surface area (Å²) in [7, 11) is 0.